The molecule has 9 heteroatoms. The quantitative estimate of drug-likeness (QED) is 0.623. The summed E-state index contributed by atoms with van der Waals surface area (Å²) in [4.78, 5) is 28.0. The molecular formula is C19H20BrN5O3. The summed E-state index contributed by atoms with van der Waals surface area (Å²) in [6, 6.07) is 4.93. The van der Waals surface area contributed by atoms with Gasteiger partial charge < -0.3 is 19.7 Å². The first-order valence-electron chi connectivity index (χ1n) is 8.92. The Labute approximate surface area is 170 Å². The Morgan fingerprint density at radius 3 is 2.61 bits per heavy atom. The smallest absolute Gasteiger partial charge is 0.325 e. The molecule has 8 nitrogen and oxygen atoms in total. The van der Waals surface area contributed by atoms with Gasteiger partial charge in [0.25, 0.3) is 0 Å². The van der Waals surface area contributed by atoms with Gasteiger partial charge in [-0.15, -0.1) is 0 Å². The van der Waals surface area contributed by atoms with Gasteiger partial charge in [-0.05, 0) is 22.0 Å². The number of nitrogens with one attached hydrogen (secondary N) is 1. The number of carboxylic acid groups (broad SMARTS) is 1. The van der Waals surface area contributed by atoms with E-state index in [0.717, 1.165) is 20.9 Å². The van der Waals surface area contributed by atoms with Crippen molar-refractivity contribution in [2.75, 3.05) is 38.2 Å². The number of rotatable bonds is 5. The first-order chi connectivity index (χ1) is 13.6. The molecular weight excluding hydrogens is 426 g/mol. The minimum Gasteiger partial charge on any atom is -0.495 e. The lowest BCUT2D eigenvalue weighted by Crippen LogP contribution is -2.49. The molecule has 0 bridgehead atoms. The summed E-state index contributed by atoms with van der Waals surface area (Å²) in [5.41, 5.74) is 1.56. The third-order valence-electron chi connectivity index (χ3n) is 5.03. The van der Waals surface area contributed by atoms with Gasteiger partial charge in [0.1, 0.15) is 11.8 Å². The molecule has 0 radical (unpaired) electrons. The van der Waals surface area contributed by atoms with Crippen molar-refractivity contribution in [1.82, 2.24) is 19.9 Å². The fraction of sp³-hybridized carbons (Fsp3) is 0.316. The largest absolute Gasteiger partial charge is 0.495 e. The number of piperazine rings is 1. The second kappa shape index (κ2) is 7.76. The van der Waals surface area contributed by atoms with E-state index in [4.69, 9.17) is 4.74 Å². The maximum Gasteiger partial charge on any atom is 0.325 e. The predicted octanol–water partition coefficient (Wildman–Crippen LogP) is 2.68. The Morgan fingerprint density at radius 1 is 1.25 bits per heavy atom. The Morgan fingerprint density at radius 2 is 1.96 bits per heavy atom. The minimum absolute atomic E-state index is 0.604. The molecule has 1 aliphatic heterocycles. The van der Waals surface area contributed by atoms with Gasteiger partial charge in [0, 0.05) is 55.7 Å². The number of carbonyl (C=O) groups is 1. The van der Waals surface area contributed by atoms with E-state index in [-0.39, 0.29) is 0 Å². The number of H-pyrrole nitrogens is 1. The van der Waals surface area contributed by atoms with E-state index < -0.39 is 12.0 Å². The van der Waals surface area contributed by atoms with Crippen LogP contribution in [0, 0.1) is 0 Å². The summed E-state index contributed by atoms with van der Waals surface area (Å²) in [6.45, 7) is 2.54. The molecule has 1 fully saturated rings. The summed E-state index contributed by atoms with van der Waals surface area (Å²) < 4.78 is 6.21. The zero-order chi connectivity index (χ0) is 19.7. The first kappa shape index (κ1) is 18.7. The van der Waals surface area contributed by atoms with Crippen LogP contribution in [0.4, 0.5) is 5.95 Å². The lowest BCUT2D eigenvalue weighted by molar-refractivity contribution is -0.143. The van der Waals surface area contributed by atoms with Crippen molar-refractivity contribution in [1.29, 1.82) is 0 Å². The van der Waals surface area contributed by atoms with Crippen LogP contribution in [-0.2, 0) is 4.79 Å². The van der Waals surface area contributed by atoms with Gasteiger partial charge in [-0.3, -0.25) is 9.69 Å². The fourth-order valence-electron chi connectivity index (χ4n) is 3.68. The molecule has 3 heterocycles. The average molecular weight is 446 g/mol. The van der Waals surface area contributed by atoms with Crippen molar-refractivity contribution >= 4 is 38.8 Å². The zero-order valence-electron chi connectivity index (χ0n) is 15.3. The zero-order valence-corrected chi connectivity index (χ0v) is 16.9. The molecule has 0 saturated carbocycles. The molecule has 1 saturated heterocycles. The van der Waals surface area contributed by atoms with Crippen molar-refractivity contribution in [3.05, 3.63) is 46.8 Å². The number of nitrogens with zero attached hydrogens (tertiary/aromatic N) is 4. The number of methoxy groups -OCH3 is 1. The molecule has 0 amide bonds. The molecule has 0 spiro atoms. The Bertz CT molecular complexity index is 983. The van der Waals surface area contributed by atoms with Crippen LogP contribution in [0.25, 0.3) is 10.9 Å². The highest BCUT2D eigenvalue weighted by molar-refractivity contribution is 9.10. The standard InChI is InChI=1S/C19H20BrN5O3/c1-28-15-4-2-3-13-14(11-21-16(13)15)17(18(26)27)24-5-7-25(8-6-24)19-22-9-12(20)10-23-19/h2-4,9-11,17,21H,5-8H2,1H3,(H,26,27). The number of halogens is 1. The van der Waals surface area contributed by atoms with E-state index in [9.17, 15) is 9.90 Å². The third-order valence-corrected chi connectivity index (χ3v) is 5.44. The molecule has 1 aromatic carbocycles. The molecule has 28 heavy (non-hydrogen) atoms. The number of anilines is 1. The van der Waals surface area contributed by atoms with E-state index >= 15 is 0 Å². The van der Waals surface area contributed by atoms with Crippen molar-refractivity contribution < 1.29 is 14.6 Å². The highest BCUT2D eigenvalue weighted by Crippen LogP contribution is 2.33. The van der Waals surface area contributed by atoms with Crippen molar-refractivity contribution in [3.8, 4) is 5.75 Å². The van der Waals surface area contributed by atoms with Gasteiger partial charge in [0.2, 0.25) is 5.95 Å². The number of hydrogen-bond donors (Lipinski definition) is 2. The molecule has 2 N–H and O–H groups in total. The molecule has 2 aromatic heterocycles. The summed E-state index contributed by atoms with van der Waals surface area (Å²) in [5.74, 6) is 0.494. The number of benzene rings is 1. The number of hydrogen-bond acceptors (Lipinski definition) is 6. The number of carboxylic acids is 1. The molecule has 1 aliphatic rings. The van der Waals surface area contributed by atoms with Gasteiger partial charge in [0.05, 0.1) is 17.1 Å². The van der Waals surface area contributed by atoms with Gasteiger partial charge in [-0.2, -0.15) is 0 Å². The lowest BCUT2D eigenvalue weighted by Gasteiger charge is -2.37. The second-order valence-corrected chi connectivity index (χ2v) is 7.51. The van der Waals surface area contributed by atoms with Crippen molar-refractivity contribution in [2.45, 2.75) is 6.04 Å². The topological polar surface area (TPSA) is 94.6 Å². The SMILES string of the molecule is COc1cccc2c(C(C(=O)O)N3CCN(c4ncc(Br)cn4)CC3)c[nH]c12. The summed E-state index contributed by atoms with van der Waals surface area (Å²) in [6.07, 6.45) is 5.21. The van der Waals surface area contributed by atoms with Gasteiger partial charge >= 0.3 is 5.97 Å². The number of ether oxygens (including phenoxy) is 1. The van der Waals surface area contributed by atoms with Crippen LogP contribution >= 0.6 is 15.9 Å². The van der Waals surface area contributed by atoms with E-state index in [1.54, 1.807) is 25.7 Å². The third kappa shape index (κ3) is 3.43. The maximum atomic E-state index is 12.2. The van der Waals surface area contributed by atoms with E-state index in [1.807, 2.05) is 23.1 Å². The van der Waals surface area contributed by atoms with Crippen LogP contribution in [0.3, 0.4) is 0 Å². The van der Waals surface area contributed by atoms with E-state index in [2.05, 4.69) is 35.8 Å². The van der Waals surface area contributed by atoms with Crippen molar-refractivity contribution in [2.24, 2.45) is 0 Å². The van der Waals surface area contributed by atoms with Gasteiger partial charge in [-0.1, -0.05) is 12.1 Å². The number of aromatic nitrogens is 3. The number of aliphatic carboxylic acids is 1. The first-order valence-corrected chi connectivity index (χ1v) is 9.71. The molecule has 3 aromatic rings. The average Bonchev–Trinajstić information content (AvgIpc) is 3.13. The van der Waals surface area contributed by atoms with E-state index in [0.29, 0.717) is 37.9 Å². The maximum absolute atomic E-state index is 12.2. The Hall–Kier alpha value is -2.65. The Kier molecular flexibility index (Phi) is 5.19. The van der Waals surface area contributed by atoms with Crippen LogP contribution < -0.4 is 9.64 Å². The molecule has 0 aliphatic carbocycles. The highest BCUT2D eigenvalue weighted by atomic mass is 79.9. The molecule has 1 unspecified atom stereocenters. The monoisotopic (exact) mass is 445 g/mol. The molecule has 146 valence electrons. The van der Waals surface area contributed by atoms with Crippen LogP contribution in [0.15, 0.2) is 41.3 Å². The fourth-order valence-corrected chi connectivity index (χ4v) is 3.88. The van der Waals surface area contributed by atoms with Gasteiger partial charge in [-0.25, -0.2) is 9.97 Å². The second-order valence-electron chi connectivity index (χ2n) is 6.59. The van der Waals surface area contributed by atoms with Crippen LogP contribution in [0.5, 0.6) is 5.75 Å². The van der Waals surface area contributed by atoms with Crippen molar-refractivity contribution in [3.63, 3.8) is 0 Å². The van der Waals surface area contributed by atoms with Crippen LogP contribution in [0.1, 0.15) is 11.6 Å². The Balaban J connectivity index is 1.57. The lowest BCUT2D eigenvalue weighted by atomic mass is 10.0. The van der Waals surface area contributed by atoms with Crippen LogP contribution in [0.2, 0.25) is 0 Å². The van der Waals surface area contributed by atoms with Gasteiger partial charge in [0.15, 0.2) is 0 Å². The summed E-state index contributed by atoms with van der Waals surface area (Å²) >= 11 is 3.34. The molecule has 4 rings (SSSR count). The minimum atomic E-state index is -0.864. The summed E-state index contributed by atoms with van der Waals surface area (Å²) in [5, 5.41) is 10.8. The highest BCUT2D eigenvalue weighted by Gasteiger charge is 2.32. The summed E-state index contributed by atoms with van der Waals surface area (Å²) in [7, 11) is 1.60. The van der Waals surface area contributed by atoms with E-state index in [1.165, 1.54) is 0 Å². The van der Waals surface area contributed by atoms with Crippen LogP contribution in [-0.4, -0.2) is 64.2 Å². The number of aromatic amines is 1. The number of fused-ring (bicyclic) bond motifs is 1. The normalized spacial score (nSPS) is 16.3. The molecule has 1 atom stereocenters. The predicted molar refractivity (Wildman–Crippen MR) is 109 cm³/mol. The number of para-hydroxylation sites is 1.